The zero-order valence-electron chi connectivity index (χ0n) is 14.5. The van der Waals surface area contributed by atoms with Crippen molar-refractivity contribution in [3.8, 4) is 0 Å². The molecule has 0 radical (unpaired) electrons. The predicted octanol–water partition coefficient (Wildman–Crippen LogP) is 5.10. The fourth-order valence-electron chi connectivity index (χ4n) is 2.59. The van der Waals surface area contributed by atoms with Crippen molar-refractivity contribution in [3.63, 3.8) is 0 Å². The summed E-state index contributed by atoms with van der Waals surface area (Å²) < 4.78 is 0. The molecule has 1 amide bonds. The summed E-state index contributed by atoms with van der Waals surface area (Å²) in [5, 5.41) is 2.95. The quantitative estimate of drug-likeness (QED) is 0.491. The van der Waals surface area contributed by atoms with E-state index in [9.17, 15) is 4.79 Å². The normalized spacial score (nSPS) is 11.5. The largest absolute Gasteiger partial charge is 0.348 e. The van der Waals surface area contributed by atoms with Crippen LogP contribution in [0.5, 0.6) is 0 Å². The monoisotopic (exact) mass is 339 g/mol. The first kappa shape index (κ1) is 17.4. The van der Waals surface area contributed by atoms with Crippen LogP contribution < -0.4 is 5.32 Å². The molecule has 0 heterocycles. The molecule has 0 saturated heterocycles. The van der Waals surface area contributed by atoms with Crippen LogP contribution in [-0.2, 0) is 11.3 Å². The Morgan fingerprint density at radius 2 is 1.35 bits per heavy atom. The van der Waals surface area contributed by atoms with Gasteiger partial charge in [0, 0.05) is 12.6 Å². The Morgan fingerprint density at radius 1 is 0.769 bits per heavy atom. The number of carbonyl (C=O) groups is 1. The van der Waals surface area contributed by atoms with Crippen LogP contribution >= 0.6 is 0 Å². The van der Waals surface area contributed by atoms with Gasteiger partial charge in [-0.05, 0) is 22.3 Å². The molecule has 3 aromatic carbocycles. The SMILES string of the molecule is O=C(/C=C(\C=C\c1ccccc1)c1ccccc1)NCc1ccccc1. The number of hydrogen-bond acceptors (Lipinski definition) is 1. The van der Waals surface area contributed by atoms with Crippen LogP contribution in [0.15, 0.2) is 103 Å². The molecule has 0 aromatic heterocycles. The minimum Gasteiger partial charge on any atom is -0.348 e. The topological polar surface area (TPSA) is 29.1 Å². The zero-order valence-corrected chi connectivity index (χ0v) is 14.5. The van der Waals surface area contributed by atoms with E-state index in [1.807, 2.05) is 103 Å². The van der Waals surface area contributed by atoms with Gasteiger partial charge in [-0.25, -0.2) is 0 Å². The van der Waals surface area contributed by atoms with Gasteiger partial charge in [0.1, 0.15) is 0 Å². The van der Waals surface area contributed by atoms with Crippen molar-refractivity contribution in [3.05, 3.63) is 120 Å². The number of rotatable bonds is 6. The van der Waals surface area contributed by atoms with E-state index in [-0.39, 0.29) is 5.91 Å². The second kappa shape index (κ2) is 9.19. The summed E-state index contributed by atoms with van der Waals surface area (Å²) in [6, 6.07) is 29.9. The van der Waals surface area contributed by atoms with Crippen molar-refractivity contribution < 1.29 is 4.79 Å². The summed E-state index contributed by atoms with van der Waals surface area (Å²) in [5.74, 6) is -0.106. The van der Waals surface area contributed by atoms with Crippen molar-refractivity contribution >= 4 is 17.6 Å². The van der Waals surface area contributed by atoms with Crippen LogP contribution in [0.25, 0.3) is 11.6 Å². The molecule has 26 heavy (non-hydrogen) atoms. The van der Waals surface area contributed by atoms with Gasteiger partial charge in [0.2, 0.25) is 5.91 Å². The van der Waals surface area contributed by atoms with Gasteiger partial charge in [-0.3, -0.25) is 4.79 Å². The summed E-state index contributed by atoms with van der Waals surface area (Å²) in [6.45, 7) is 0.515. The fraction of sp³-hybridized carbons (Fsp3) is 0.0417. The minimum atomic E-state index is -0.106. The average Bonchev–Trinajstić information content (AvgIpc) is 2.72. The van der Waals surface area contributed by atoms with E-state index in [0.29, 0.717) is 6.54 Å². The zero-order chi connectivity index (χ0) is 18.0. The molecule has 2 nitrogen and oxygen atoms in total. The van der Waals surface area contributed by atoms with Crippen LogP contribution in [-0.4, -0.2) is 5.91 Å². The van der Waals surface area contributed by atoms with Crippen molar-refractivity contribution in [2.24, 2.45) is 0 Å². The Balaban J connectivity index is 1.77. The smallest absolute Gasteiger partial charge is 0.244 e. The standard InChI is InChI=1S/C24H21NO/c26-24(25-19-21-12-6-2-7-13-21)18-23(22-14-8-3-9-15-22)17-16-20-10-4-1-5-11-20/h1-18H,19H2,(H,25,26)/b17-16+,23-18+. The molecule has 3 aromatic rings. The van der Waals surface area contributed by atoms with Crippen molar-refractivity contribution in [1.29, 1.82) is 0 Å². The first-order valence-corrected chi connectivity index (χ1v) is 8.63. The summed E-state index contributed by atoms with van der Waals surface area (Å²) >= 11 is 0. The molecule has 0 aliphatic heterocycles. The molecule has 0 saturated carbocycles. The molecule has 0 aliphatic carbocycles. The third-order valence-electron chi connectivity index (χ3n) is 3.96. The van der Waals surface area contributed by atoms with Crippen LogP contribution in [0.1, 0.15) is 16.7 Å². The Labute approximate surface area is 154 Å². The first-order chi connectivity index (χ1) is 12.8. The average molecular weight is 339 g/mol. The highest BCUT2D eigenvalue weighted by atomic mass is 16.1. The van der Waals surface area contributed by atoms with Crippen molar-refractivity contribution in [2.45, 2.75) is 6.54 Å². The fourth-order valence-corrected chi connectivity index (χ4v) is 2.59. The Bertz CT molecular complexity index is 881. The van der Waals surface area contributed by atoms with Gasteiger partial charge in [0.25, 0.3) is 0 Å². The first-order valence-electron chi connectivity index (χ1n) is 8.63. The second-order valence-electron chi connectivity index (χ2n) is 5.91. The van der Waals surface area contributed by atoms with Crippen LogP contribution in [0.4, 0.5) is 0 Å². The Morgan fingerprint density at radius 3 is 2.00 bits per heavy atom. The molecule has 0 atom stereocenters. The molecule has 128 valence electrons. The summed E-state index contributed by atoms with van der Waals surface area (Å²) in [6.07, 6.45) is 5.65. The molecule has 2 heteroatoms. The Kier molecular flexibility index (Phi) is 6.16. The number of amides is 1. The van der Waals surface area contributed by atoms with Crippen molar-refractivity contribution in [1.82, 2.24) is 5.32 Å². The molecular weight excluding hydrogens is 318 g/mol. The van der Waals surface area contributed by atoms with Gasteiger partial charge in [-0.15, -0.1) is 0 Å². The number of allylic oxidation sites excluding steroid dienone is 2. The molecule has 0 fully saturated rings. The maximum absolute atomic E-state index is 12.4. The van der Waals surface area contributed by atoms with Gasteiger partial charge >= 0.3 is 0 Å². The number of hydrogen-bond donors (Lipinski definition) is 1. The molecule has 0 bridgehead atoms. The van der Waals surface area contributed by atoms with Crippen LogP contribution in [0, 0.1) is 0 Å². The third kappa shape index (κ3) is 5.32. The summed E-state index contributed by atoms with van der Waals surface area (Å²) in [4.78, 5) is 12.4. The predicted molar refractivity (Wildman–Crippen MR) is 108 cm³/mol. The van der Waals surface area contributed by atoms with E-state index < -0.39 is 0 Å². The maximum Gasteiger partial charge on any atom is 0.244 e. The number of nitrogens with one attached hydrogen (secondary N) is 1. The van der Waals surface area contributed by atoms with E-state index in [1.165, 1.54) is 0 Å². The lowest BCUT2D eigenvalue weighted by Crippen LogP contribution is -2.20. The molecule has 0 unspecified atom stereocenters. The lowest BCUT2D eigenvalue weighted by Gasteiger charge is -2.05. The number of benzene rings is 3. The van der Waals surface area contributed by atoms with E-state index in [2.05, 4.69) is 5.32 Å². The van der Waals surface area contributed by atoms with Crippen molar-refractivity contribution in [2.75, 3.05) is 0 Å². The van der Waals surface area contributed by atoms with Crippen LogP contribution in [0.2, 0.25) is 0 Å². The van der Waals surface area contributed by atoms with Gasteiger partial charge < -0.3 is 5.32 Å². The highest BCUT2D eigenvalue weighted by Crippen LogP contribution is 2.17. The second-order valence-corrected chi connectivity index (χ2v) is 5.91. The van der Waals surface area contributed by atoms with Gasteiger partial charge in [-0.2, -0.15) is 0 Å². The van der Waals surface area contributed by atoms with E-state index in [0.717, 1.165) is 22.3 Å². The van der Waals surface area contributed by atoms with Gasteiger partial charge in [0.15, 0.2) is 0 Å². The number of carbonyl (C=O) groups excluding carboxylic acids is 1. The maximum atomic E-state index is 12.4. The van der Waals surface area contributed by atoms with Crippen LogP contribution in [0.3, 0.4) is 0 Å². The minimum absolute atomic E-state index is 0.106. The highest BCUT2D eigenvalue weighted by molar-refractivity contribution is 5.98. The molecule has 3 rings (SSSR count). The third-order valence-corrected chi connectivity index (χ3v) is 3.96. The molecule has 1 N–H and O–H groups in total. The molecule has 0 spiro atoms. The highest BCUT2D eigenvalue weighted by Gasteiger charge is 2.02. The van der Waals surface area contributed by atoms with E-state index in [4.69, 9.17) is 0 Å². The summed E-state index contributed by atoms with van der Waals surface area (Å²) in [7, 11) is 0. The molecule has 0 aliphatic rings. The Hall–Kier alpha value is -3.39. The lowest BCUT2D eigenvalue weighted by molar-refractivity contribution is -0.116. The van der Waals surface area contributed by atoms with Gasteiger partial charge in [0.05, 0.1) is 0 Å². The van der Waals surface area contributed by atoms with E-state index in [1.54, 1.807) is 6.08 Å². The van der Waals surface area contributed by atoms with E-state index >= 15 is 0 Å². The van der Waals surface area contributed by atoms with Gasteiger partial charge in [-0.1, -0.05) is 103 Å². The lowest BCUT2D eigenvalue weighted by atomic mass is 10.0. The molecular formula is C24H21NO. The summed E-state index contributed by atoms with van der Waals surface area (Å²) in [5.41, 5.74) is 4.06.